The lowest BCUT2D eigenvalue weighted by Crippen LogP contribution is -2.44. The first-order valence-corrected chi connectivity index (χ1v) is 7.89. The van der Waals surface area contributed by atoms with Crippen LogP contribution >= 0.6 is 0 Å². The maximum atomic E-state index is 10.8. The minimum atomic E-state index is -2.91. The largest absolute Gasteiger partial charge is 0.507 e. The normalized spacial score (nSPS) is 33.0. The fourth-order valence-corrected chi connectivity index (χ4v) is 3.52. The SMILES string of the molecule is [2H]C([2H])([2H])CCCCc1cc(O)c2c(c1)OC(C([2H])([2H])[2H])(C([2H])([2H])[2H])[C@@H]1CCC=C[C@@H]21. The summed E-state index contributed by atoms with van der Waals surface area (Å²) in [5.41, 5.74) is -1.32. The van der Waals surface area contributed by atoms with Crippen LogP contribution in [0.3, 0.4) is 0 Å². The summed E-state index contributed by atoms with van der Waals surface area (Å²) in [7, 11) is 0. The van der Waals surface area contributed by atoms with Crippen molar-refractivity contribution < 1.29 is 22.2 Å². The average molecular weight is 309 g/mol. The van der Waals surface area contributed by atoms with Gasteiger partial charge in [0.25, 0.3) is 0 Å². The van der Waals surface area contributed by atoms with Crippen LogP contribution in [0.25, 0.3) is 0 Å². The van der Waals surface area contributed by atoms with Crippen molar-refractivity contribution >= 4 is 0 Å². The van der Waals surface area contributed by atoms with Crippen molar-refractivity contribution in [2.24, 2.45) is 5.92 Å². The second kappa shape index (κ2) is 5.98. The molecule has 2 heteroatoms. The molecule has 22 heavy (non-hydrogen) atoms. The molecular formula is C20H28O2. The Kier molecular flexibility index (Phi) is 2.15. The standard InChI is InChI=1S/C20H28O2/c1-4-5-6-9-14-12-17(21)19-15-10-7-8-11-16(15)20(2,3)22-18(19)13-14/h7,10,12-13,15-16,21H,4-6,8-9,11H2,1-3H3/t15-,16-/m1/s1/i1D3,2D3,3D3. The first-order chi connectivity index (χ1) is 14.2. The zero-order chi connectivity index (χ0) is 23.2. The predicted octanol–water partition coefficient (Wildman–Crippen LogP) is 5.35. The Morgan fingerprint density at radius 3 is 3.09 bits per heavy atom. The Labute approximate surface area is 146 Å². The van der Waals surface area contributed by atoms with Crippen molar-refractivity contribution in [1.29, 1.82) is 0 Å². The van der Waals surface area contributed by atoms with Crippen LogP contribution in [0.15, 0.2) is 24.3 Å². The van der Waals surface area contributed by atoms with E-state index in [9.17, 15) is 5.11 Å². The molecule has 0 fully saturated rings. The van der Waals surface area contributed by atoms with Gasteiger partial charge in [0.05, 0.1) is 0 Å². The predicted molar refractivity (Wildman–Crippen MR) is 90.6 cm³/mol. The van der Waals surface area contributed by atoms with E-state index < -0.39 is 38.0 Å². The highest BCUT2D eigenvalue weighted by atomic mass is 16.5. The Morgan fingerprint density at radius 2 is 2.27 bits per heavy atom. The average Bonchev–Trinajstić information content (AvgIpc) is 2.61. The van der Waals surface area contributed by atoms with E-state index in [0.29, 0.717) is 43.2 Å². The summed E-state index contributed by atoms with van der Waals surface area (Å²) in [5, 5.41) is 10.8. The number of phenols is 1. The van der Waals surface area contributed by atoms with Crippen molar-refractivity contribution in [3.63, 3.8) is 0 Å². The molecule has 0 amide bonds. The van der Waals surface area contributed by atoms with Gasteiger partial charge in [-0.2, -0.15) is 0 Å². The molecule has 1 heterocycles. The minimum Gasteiger partial charge on any atom is -0.507 e. The number of benzene rings is 1. The van der Waals surface area contributed by atoms with Gasteiger partial charge < -0.3 is 9.84 Å². The monoisotopic (exact) mass is 309 g/mol. The first kappa shape index (κ1) is 7.90. The van der Waals surface area contributed by atoms with E-state index in [4.69, 9.17) is 17.1 Å². The molecule has 1 N–H and O–H groups in total. The van der Waals surface area contributed by atoms with E-state index >= 15 is 0 Å². The van der Waals surface area contributed by atoms with E-state index in [1.807, 2.05) is 6.08 Å². The molecule has 120 valence electrons. The molecule has 1 aliphatic heterocycles. The molecule has 2 nitrogen and oxygen atoms in total. The van der Waals surface area contributed by atoms with Gasteiger partial charge in [0.1, 0.15) is 17.1 Å². The smallest absolute Gasteiger partial charge is 0.127 e. The number of aryl methyl sites for hydroxylation is 1. The molecule has 3 rings (SSSR count). The maximum Gasteiger partial charge on any atom is 0.127 e. The van der Waals surface area contributed by atoms with Crippen LogP contribution in [0, 0.1) is 5.92 Å². The molecule has 0 saturated carbocycles. The third kappa shape index (κ3) is 2.76. The summed E-state index contributed by atoms with van der Waals surface area (Å²) in [6.45, 7) is -7.81. The van der Waals surface area contributed by atoms with Gasteiger partial charge in [-0.05, 0) is 57.1 Å². The second-order valence-corrected chi connectivity index (χ2v) is 6.21. The summed E-state index contributed by atoms with van der Waals surface area (Å²) in [6.07, 6.45) is 6.09. The number of allylic oxidation sites excluding steroid dienone is 2. The number of hydrogen-bond acceptors (Lipinski definition) is 2. The van der Waals surface area contributed by atoms with Gasteiger partial charge in [-0.3, -0.25) is 0 Å². The fraction of sp³-hybridized carbons (Fsp3) is 0.600. The summed E-state index contributed by atoms with van der Waals surface area (Å²) < 4.78 is 76.4. The van der Waals surface area contributed by atoms with Crippen LogP contribution in [0.5, 0.6) is 11.5 Å². The summed E-state index contributed by atoms with van der Waals surface area (Å²) in [4.78, 5) is 0. The number of phenolic OH excluding ortho intramolecular Hbond substituents is 1. The summed E-state index contributed by atoms with van der Waals surface area (Å²) >= 11 is 0. The number of fused-ring (bicyclic) bond motifs is 3. The zero-order valence-corrected chi connectivity index (χ0v) is 12.6. The fourth-order valence-electron chi connectivity index (χ4n) is 3.52. The topological polar surface area (TPSA) is 29.5 Å². The molecule has 0 saturated heterocycles. The molecule has 0 unspecified atom stereocenters. The first-order valence-electron chi connectivity index (χ1n) is 12.4. The third-order valence-electron chi connectivity index (χ3n) is 4.62. The number of aromatic hydroxyl groups is 1. The van der Waals surface area contributed by atoms with E-state index in [1.54, 1.807) is 18.2 Å². The number of rotatable bonds is 4. The molecule has 0 bridgehead atoms. The van der Waals surface area contributed by atoms with Gasteiger partial charge in [0.2, 0.25) is 0 Å². The van der Waals surface area contributed by atoms with Crippen molar-refractivity contribution in [3.05, 3.63) is 35.4 Å². The van der Waals surface area contributed by atoms with Crippen LogP contribution < -0.4 is 4.74 Å². The lowest BCUT2D eigenvalue weighted by atomic mass is 9.69. The lowest BCUT2D eigenvalue weighted by molar-refractivity contribution is 0.0115. The maximum absolute atomic E-state index is 10.8. The number of unbranched alkanes of at least 4 members (excludes halogenated alkanes) is 1. The van der Waals surface area contributed by atoms with Crippen LogP contribution in [-0.2, 0) is 6.42 Å². The second-order valence-electron chi connectivity index (χ2n) is 6.21. The molecule has 2 aliphatic rings. The van der Waals surface area contributed by atoms with Crippen molar-refractivity contribution in [1.82, 2.24) is 0 Å². The number of ether oxygens (including phenoxy) is 1. The summed E-state index contributed by atoms with van der Waals surface area (Å²) in [6, 6.07) is 3.17. The molecular weight excluding hydrogens is 272 g/mol. The van der Waals surface area contributed by atoms with Gasteiger partial charge in [-0.15, -0.1) is 0 Å². The Hall–Kier alpha value is -1.44. The van der Waals surface area contributed by atoms with Crippen molar-refractivity contribution in [3.8, 4) is 11.5 Å². The summed E-state index contributed by atoms with van der Waals surface area (Å²) in [5.74, 6) is -1.40. The van der Waals surface area contributed by atoms with Crippen LogP contribution in [-0.4, -0.2) is 10.7 Å². The van der Waals surface area contributed by atoms with Crippen LogP contribution in [0.1, 0.15) is 82.0 Å². The highest BCUT2D eigenvalue weighted by Crippen LogP contribution is 2.52. The lowest BCUT2D eigenvalue weighted by Gasteiger charge is -2.45. The quantitative estimate of drug-likeness (QED) is 0.600. The molecule has 1 aromatic rings. The van der Waals surface area contributed by atoms with Crippen molar-refractivity contribution in [2.75, 3.05) is 0 Å². The molecule has 1 aliphatic carbocycles. The van der Waals surface area contributed by atoms with E-state index in [0.717, 1.165) is 0 Å². The minimum absolute atomic E-state index is 0.0606. The highest BCUT2D eigenvalue weighted by molar-refractivity contribution is 5.53. The van der Waals surface area contributed by atoms with Gasteiger partial charge in [-0.25, -0.2) is 0 Å². The molecule has 0 aromatic heterocycles. The molecule has 0 radical (unpaired) electrons. The van der Waals surface area contributed by atoms with Crippen LogP contribution in [0.2, 0.25) is 0 Å². The third-order valence-corrected chi connectivity index (χ3v) is 4.62. The Balaban J connectivity index is 2.02. The molecule has 1 aromatic carbocycles. The zero-order valence-electron chi connectivity index (χ0n) is 21.6. The van der Waals surface area contributed by atoms with Gasteiger partial charge >= 0.3 is 0 Å². The van der Waals surface area contributed by atoms with Gasteiger partial charge in [0, 0.05) is 29.7 Å². The van der Waals surface area contributed by atoms with E-state index in [-0.39, 0.29) is 17.9 Å². The van der Waals surface area contributed by atoms with Crippen molar-refractivity contribution in [2.45, 2.75) is 70.6 Å². The van der Waals surface area contributed by atoms with E-state index in [2.05, 4.69) is 0 Å². The van der Waals surface area contributed by atoms with Gasteiger partial charge in [-0.1, -0.05) is 31.8 Å². The highest BCUT2D eigenvalue weighted by Gasteiger charge is 2.44. The Morgan fingerprint density at radius 1 is 1.36 bits per heavy atom. The molecule has 2 atom stereocenters. The van der Waals surface area contributed by atoms with E-state index in [1.165, 1.54) is 0 Å². The van der Waals surface area contributed by atoms with Gasteiger partial charge in [0.15, 0.2) is 0 Å². The van der Waals surface area contributed by atoms with Crippen LogP contribution in [0.4, 0.5) is 0 Å². The molecule has 0 spiro atoms. The number of hydrogen-bond donors (Lipinski definition) is 1. The Bertz CT molecular complexity index is 823.